The summed E-state index contributed by atoms with van der Waals surface area (Å²) in [6.07, 6.45) is 12.6. The van der Waals surface area contributed by atoms with E-state index in [-0.39, 0.29) is 22.9 Å². The summed E-state index contributed by atoms with van der Waals surface area (Å²) in [6, 6.07) is 11.0. The van der Waals surface area contributed by atoms with E-state index in [1.807, 2.05) is 18.2 Å². The molecular formula is C39H48ClN2O12S4+. The summed E-state index contributed by atoms with van der Waals surface area (Å²) in [7, 11) is -2.28. The second kappa shape index (κ2) is 19.3. The lowest BCUT2D eigenvalue weighted by molar-refractivity contribution is -0.438. The van der Waals surface area contributed by atoms with Crippen LogP contribution in [0, 0.1) is 0 Å². The highest BCUT2D eigenvalue weighted by Crippen LogP contribution is 2.53. The number of nitrogens with zero attached hydrogens (tertiary/aromatic N) is 2. The van der Waals surface area contributed by atoms with Gasteiger partial charge in [-0.25, -0.2) is 15.8 Å². The van der Waals surface area contributed by atoms with Gasteiger partial charge in [-0.1, -0.05) is 64.4 Å². The Labute approximate surface area is 356 Å². The van der Waals surface area contributed by atoms with E-state index in [9.17, 15) is 13.0 Å². The molecule has 14 nitrogen and oxygen atoms in total. The molecule has 1 saturated heterocycles. The van der Waals surface area contributed by atoms with Gasteiger partial charge in [0.15, 0.2) is 5.71 Å². The van der Waals surface area contributed by atoms with E-state index in [1.54, 1.807) is 12.1 Å². The number of rotatable bonds is 19. The van der Waals surface area contributed by atoms with Crippen molar-refractivity contribution < 1.29 is 61.4 Å². The summed E-state index contributed by atoms with van der Waals surface area (Å²) in [6.45, 7) is 9.11. The maximum Gasteiger partial charge on any atom is 0.294 e. The molecule has 2 aromatic carbocycles. The van der Waals surface area contributed by atoms with Crippen LogP contribution < -0.4 is 0 Å². The van der Waals surface area contributed by atoms with Gasteiger partial charge >= 0.3 is 0 Å². The fourth-order valence-corrected chi connectivity index (χ4v) is 11.1. The lowest BCUT2D eigenvalue weighted by atomic mass is 9.79. The van der Waals surface area contributed by atoms with Crippen molar-refractivity contribution >= 4 is 69.2 Å². The number of allylic oxidation sites excluding steroid dienone is 4. The smallest absolute Gasteiger partial charge is 0.292 e. The summed E-state index contributed by atoms with van der Waals surface area (Å²) in [4.78, 5) is 2.99. The lowest BCUT2D eigenvalue weighted by Crippen LogP contribution is -2.38. The van der Waals surface area contributed by atoms with Crippen molar-refractivity contribution in [3.63, 3.8) is 0 Å². The molecule has 0 spiro atoms. The van der Waals surface area contributed by atoms with Crippen LogP contribution in [-0.4, -0.2) is 81.1 Å². The second-order valence-electron chi connectivity index (χ2n) is 15.5. The summed E-state index contributed by atoms with van der Waals surface area (Å²) in [5.74, 6) is 1.08. The van der Waals surface area contributed by atoms with Crippen LogP contribution in [-0.2, 0) is 49.1 Å². The van der Waals surface area contributed by atoms with Crippen molar-refractivity contribution in [1.82, 2.24) is 4.90 Å². The average molecular weight is 901 g/mol. The molecule has 1 aliphatic carbocycles. The first-order chi connectivity index (χ1) is 27.7. The fraction of sp³-hybridized carbons (Fsp3) is 0.462. The maximum atomic E-state index is 12.2. The Kier molecular flexibility index (Phi) is 15.1. The first kappa shape index (κ1) is 45.4. The lowest BCUT2D eigenvalue weighted by Gasteiger charge is -2.34. The standard InChI is InChI=1S/C39H47ClN2O12S4/c1-38(2)30(26(8-6-20-55-52-49-43)27-11-10-25(23-31(27)38)58(46,47)48)14-12-28-33-16-17-34(41(33)5)29(37(28)40)13-18-36-39(3,4)32-22-24(57-54-51-45)9-15-35(32)42(36)19-7-21-56-53-50-44/h9-15,18,22-23,26,33-34H,6-8,16-17,19-21H2,1-5H3,(H3-,43,44,45,46,47,48)/p+1/b18-13+,28-12+,30-14-. The number of likely N-dealkylation sites (N-methyl/N-ethyl adjacent to an activating group) is 1. The zero-order valence-corrected chi connectivity index (χ0v) is 36.6. The summed E-state index contributed by atoms with van der Waals surface area (Å²) in [5, 5.41) is 38.0. The Morgan fingerprint density at radius 1 is 0.879 bits per heavy atom. The summed E-state index contributed by atoms with van der Waals surface area (Å²) >= 11 is 10.4. The molecule has 4 aliphatic rings. The molecule has 0 saturated carbocycles. The van der Waals surface area contributed by atoms with Crippen LogP contribution in [0.5, 0.6) is 0 Å². The van der Waals surface area contributed by atoms with Gasteiger partial charge in [-0.15, -0.1) is 13.0 Å². The fourth-order valence-electron chi connectivity index (χ4n) is 9.04. The third-order valence-corrected chi connectivity index (χ3v) is 14.9. The molecule has 0 radical (unpaired) electrons. The van der Waals surface area contributed by atoms with Crippen molar-refractivity contribution in [3.05, 3.63) is 99.1 Å². The van der Waals surface area contributed by atoms with Crippen LogP contribution >= 0.6 is 47.7 Å². The van der Waals surface area contributed by atoms with Gasteiger partial charge < -0.3 is 0 Å². The van der Waals surface area contributed by atoms with Crippen molar-refractivity contribution in [2.45, 2.75) is 98.4 Å². The highest BCUT2D eigenvalue weighted by Gasteiger charge is 2.46. The van der Waals surface area contributed by atoms with Crippen LogP contribution in [0.4, 0.5) is 5.69 Å². The molecule has 19 heteroatoms. The molecular weight excluding hydrogens is 852 g/mol. The topological polar surface area (TPSA) is 177 Å². The van der Waals surface area contributed by atoms with Crippen molar-refractivity contribution in [3.8, 4) is 0 Å². The molecule has 2 bridgehead atoms. The van der Waals surface area contributed by atoms with Gasteiger partial charge in [0.2, 0.25) is 5.69 Å². The number of benzene rings is 2. The molecule has 4 N–H and O–H groups in total. The normalized spacial score (nSPS) is 23.9. The average Bonchev–Trinajstić information content (AvgIpc) is 3.69. The van der Waals surface area contributed by atoms with Gasteiger partial charge in [0.05, 0.1) is 27.4 Å². The van der Waals surface area contributed by atoms with Crippen LogP contribution in [0.2, 0.25) is 0 Å². The highest BCUT2D eigenvalue weighted by molar-refractivity contribution is 7.95. The molecule has 6 rings (SSSR count). The number of fused-ring (bicyclic) bond motifs is 4. The zero-order valence-electron chi connectivity index (χ0n) is 32.6. The van der Waals surface area contributed by atoms with E-state index < -0.39 is 20.9 Å². The predicted octanol–water partition coefficient (Wildman–Crippen LogP) is 9.50. The van der Waals surface area contributed by atoms with Crippen LogP contribution in [0.15, 0.2) is 92.2 Å². The number of hydrogen-bond acceptors (Lipinski definition) is 15. The predicted molar refractivity (Wildman–Crippen MR) is 223 cm³/mol. The molecule has 3 heterocycles. The van der Waals surface area contributed by atoms with Gasteiger partial charge in [0, 0.05) is 88.0 Å². The van der Waals surface area contributed by atoms with Gasteiger partial charge in [0.25, 0.3) is 10.1 Å². The third kappa shape index (κ3) is 9.37. The van der Waals surface area contributed by atoms with Crippen LogP contribution in [0.25, 0.3) is 0 Å². The first-order valence-corrected chi connectivity index (χ1v) is 23.0. The monoisotopic (exact) mass is 899 g/mol. The minimum atomic E-state index is -4.41. The van der Waals surface area contributed by atoms with Crippen LogP contribution in [0.1, 0.15) is 82.4 Å². The molecule has 3 unspecified atom stereocenters. The second-order valence-corrected chi connectivity index (χ2v) is 19.6. The molecule has 0 aromatic heterocycles. The molecule has 3 atom stereocenters. The third-order valence-electron chi connectivity index (χ3n) is 11.8. The first-order valence-electron chi connectivity index (χ1n) is 18.6. The Bertz CT molecular complexity index is 2120. The minimum absolute atomic E-state index is 0.0518. The van der Waals surface area contributed by atoms with Gasteiger partial charge in [-0.05, 0) is 99.2 Å². The quantitative estimate of drug-likeness (QED) is 0.0262. The SMILES string of the molecule is CN1C2CCC1/C(=C\C=C1\C(CCCSOOO)c3ccc(S(=O)(=O)O)cc3C1(C)C)C(Cl)=C2/C=C/C1=[N+](CCCSOOO)c2ccc(SOOO)cc2C1(C)C. The Balaban J connectivity index is 1.38. The van der Waals surface area contributed by atoms with Crippen molar-refractivity contribution in [1.29, 1.82) is 0 Å². The van der Waals surface area contributed by atoms with Crippen LogP contribution in [0.3, 0.4) is 0 Å². The summed E-state index contributed by atoms with van der Waals surface area (Å²) in [5.41, 5.74) is 7.11. The van der Waals surface area contributed by atoms with E-state index in [0.717, 1.165) is 118 Å². The van der Waals surface area contributed by atoms with E-state index in [4.69, 9.17) is 31.7 Å². The Morgan fingerprint density at radius 3 is 2.26 bits per heavy atom. The highest BCUT2D eigenvalue weighted by atomic mass is 35.5. The van der Waals surface area contributed by atoms with E-state index in [0.29, 0.717) is 23.1 Å². The molecule has 3 aliphatic heterocycles. The van der Waals surface area contributed by atoms with E-state index in [2.05, 4.69) is 92.3 Å². The summed E-state index contributed by atoms with van der Waals surface area (Å²) < 4.78 is 50.5. The Morgan fingerprint density at radius 2 is 1.57 bits per heavy atom. The Hall–Kier alpha value is -2.08. The molecule has 1 fully saturated rings. The number of hydrogen-bond donors (Lipinski definition) is 4. The van der Waals surface area contributed by atoms with Gasteiger partial charge in [-0.2, -0.15) is 13.0 Å². The van der Waals surface area contributed by atoms with E-state index >= 15 is 0 Å². The van der Waals surface area contributed by atoms with Gasteiger partial charge in [0.1, 0.15) is 6.54 Å². The number of halogens is 1. The minimum Gasteiger partial charge on any atom is -0.292 e. The van der Waals surface area contributed by atoms with Crippen molar-refractivity contribution in [2.75, 3.05) is 25.1 Å². The maximum absolute atomic E-state index is 12.2. The molecule has 0 amide bonds. The molecule has 316 valence electrons. The molecule has 58 heavy (non-hydrogen) atoms. The largest absolute Gasteiger partial charge is 0.294 e. The van der Waals surface area contributed by atoms with Crippen molar-refractivity contribution in [2.24, 2.45) is 0 Å². The van der Waals surface area contributed by atoms with E-state index in [1.165, 1.54) is 6.07 Å². The zero-order chi connectivity index (χ0) is 41.8. The molecule has 2 aromatic rings. The van der Waals surface area contributed by atoms with Gasteiger partial charge in [-0.3, -0.25) is 9.45 Å².